The Morgan fingerprint density at radius 3 is 2.67 bits per heavy atom. The van der Waals surface area contributed by atoms with Crippen LogP contribution in [0.15, 0.2) is 36.7 Å². The minimum atomic E-state index is -0.790. The van der Waals surface area contributed by atoms with Gasteiger partial charge in [0.1, 0.15) is 41.2 Å². The fourth-order valence-electron chi connectivity index (χ4n) is 4.87. The van der Waals surface area contributed by atoms with Gasteiger partial charge in [0.05, 0.1) is 29.1 Å². The summed E-state index contributed by atoms with van der Waals surface area (Å²) >= 11 is 6.00. The van der Waals surface area contributed by atoms with Crippen molar-refractivity contribution in [1.82, 2.24) is 15.3 Å². The number of hydrogen-bond donors (Lipinski definition) is 2. The summed E-state index contributed by atoms with van der Waals surface area (Å²) in [6.45, 7) is 8.19. The quantitative estimate of drug-likeness (QED) is 0.342. The smallest absolute Gasteiger partial charge is 0.348 e. The molecule has 0 aliphatic carbocycles. The summed E-state index contributed by atoms with van der Waals surface area (Å²) in [5, 5.41) is 7.13. The number of ether oxygens (including phenoxy) is 4. The predicted octanol–water partition coefficient (Wildman–Crippen LogP) is 5.42. The number of carbonyl (C=O) groups excluding carboxylic acids is 1. The Labute approximate surface area is 237 Å². The van der Waals surface area contributed by atoms with Crippen molar-refractivity contribution in [3.63, 3.8) is 0 Å². The molecule has 2 saturated heterocycles. The maximum absolute atomic E-state index is 13.7. The van der Waals surface area contributed by atoms with Crippen molar-refractivity contribution < 1.29 is 28.1 Å². The Balaban J connectivity index is 1.52. The molecule has 2 unspecified atom stereocenters. The summed E-state index contributed by atoms with van der Waals surface area (Å²) < 4.78 is 37.8. The lowest BCUT2D eigenvalue weighted by atomic mass is 9.92. The number of benzene rings is 2. The van der Waals surface area contributed by atoms with E-state index in [4.69, 9.17) is 30.5 Å². The fraction of sp³-hybridized carbons (Fsp3) is 0.483. The predicted molar refractivity (Wildman–Crippen MR) is 150 cm³/mol. The van der Waals surface area contributed by atoms with E-state index in [0.717, 1.165) is 32.4 Å². The van der Waals surface area contributed by atoms with Gasteiger partial charge in [0.15, 0.2) is 6.10 Å². The van der Waals surface area contributed by atoms with Crippen molar-refractivity contribution in [3.8, 4) is 11.5 Å². The summed E-state index contributed by atoms with van der Waals surface area (Å²) in [5.41, 5.74) is 0.450. The maximum Gasteiger partial charge on any atom is 0.348 e. The Morgan fingerprint density at radius 2 is 1.98 bits per heavy atom. The highest BCUT2D eigenvalue weighted by molar-refractivity contribution is 6.31. The number of fused-ring (bicyclic) bond motifs is 1. The van der Waals surface area contributed by atoms with Crippen molar-refractivity contribution in [2.45, 2.75) is 57.8 Å². The van der Waals surface area contributed by atoms with Gasteiger partial charge in [0.2, 0.25) is 0 Å². The van der Waals surface area contributed by atoms with E-state index in [0.29, 0.717) is 47.1 Å². The number of carbonyl (C=O) groups is 1. The standard InChI is InChI=1S/C29H34ClFN4O5/c1-29(2,3)40-28(36)26(17-6-9-32-10-7-17)39-20-13-23-25(24(14-20)38-19-8-11-37-15-19)27(34-16-33-23)35-18-4-5-22(31)21(30)12-18/h4-5,12-14,16-17,19,26,32H,6-11,15H2,1-3H3,(H,33,34,35). The molecule has 2 aliphatic rings. The van der Waals surface area contributed by atoms with E-state index in [1.54, 1.807) is 18.2 Å². The van der Waals surface area contributed by atoms with Crippen LogP contribution in [0.3, 0.4) is 0 Å². The first-order valence-electron chi connectivity index (χ1n) is 13.5. The van der Waals surface area contributed by atoms with Crippen molar-refractivity contribution in [1.29, 1.82) is 0 Å². The highest BCUT2D eigenvalue weighted by atomic mass is 35.5. The van der Waals surface area contributed by atoms with E-state index < -0.39 is 23.5 Å². The van der Waals surface area contributed by atoms with Gasteiger partial charge in [-0.2, -0.15) is 0 Å². The summed E-state index contributed by atoms with van der Waals surface area (Å²) in [7, 11) is 0. The second-order valence-corrected chi connectivity index (χ2v) is 11.5. The first-order chi connectivity index (χ1) is 19.2. The largest absolute Gasteiger partial charge is 0.487 e. The third-order valence-corrected chi connectivity index (χ3v) is 7.04. The molecule has 2 aromatic carbocycles. The zero-order valence-corrected chi connectivity index (χ0v) is 23.6. The van der Waals surface area contributed by atoms with E-state index >= 15 is 0 Å². The number of anilines is 2. The van der Waals surface area contributed by atoms with Crippen LogP contribution in [0.25, 0.3) is 10.9 Å². The molecule has 5 rings (SSSR count). The lowest BCUT2D eigenvalue weighted by Gasteiger charge is -2.32. The van der Waals surface area contributed by atoms with Gasteiger partial charge in [0, 0.05) is 30.2 Å². The van der Waals surface area contributed by atoms with Crippen LogP contribution in [0.1, 0.15) is 40.0 Å². The molecule has 0 radical (unpaired) electrons. The number of hydrogen-bond acceptors (Lipinski definition) is 9. The molecule has 0 spiro atoms. The van der Waals surface area contributed by atoms with Gasteiger partial charge in [0.25, 0.3) is 0 Å². The number of esters is 1. The van der Waals surface area contributed by atoms with E-state index in [1.165, 1.54) is 18.5 Å². The molecule has 214 valence electrons. The second-order valence-electron chi connectivity index (χ2n) is 11.1. The molecule has 0 bridgehead atoms. The minimum absolute atomic E-state index is 0.00903. The maximum atomic E-state index is 13.7. The van der Waals surface area contributed by atoms with E-state index in [2.05, 4.69) is 20.6 Å². The Kier molecular flexibility index (Phi) is 8.58. The van der Waals surface area contributed by atoms with Gasteiger partial charge in [-0.25, -0.2) is 19.2 Å². The molecule has 2 atom stereocenters. The van der Waals surface area contributed by atoms with Gasteiger partial charge in [-0.1, -0.05) is 11.6 Å². The average molecular weight is 573 g/mol. The van der Waals surface area contributed by atoms with Gasteiger partial charge in [-0.05, 0) is 64.9 Å². The van der Waals surface area contributed by atoms with Crippen LogP contribution in [0.2, 0.25) is 5.02 Å². The minimum Gasteiger partial charge on any atom is -0.487 e. The van der Waals surface area contributed by atoms with Crippen LogP contribution in [0, 0.1) is 11.7 Å². The normalized spacial score (nSPS) is 18.9. The SMILES string of the molecule is CC(C)(C)OC(=O)C(Oc1cc(OC2CCOC2)c2c(Nc3ccc(F)c(Cl)c3)ncnc2c1)C1CCNCC1. The molecule has 3 aromatic rings. The highest BCUT2D eigenvalue weighted by Gasteiger charge is 2.35. The molecule has 11 heteroatoms. The molecule has 1 aromatic heterocycles. The molecule has 2 fully saturated rings. The second kappa shape index (κ2) is 12.1. The zero-order chi connectivity index (χ0) is 28.3. The number of halogens is 2. The first-order valence-corrected chi connectivity index (χ1v) is 13.9. The lowest BCUT2D eigenvalue weighted by Crippen LogP contribution is -2.44. The average Bonchev–Trinajstić information content (AvgIpc) is 3.42. The van der Waals surface area contributed by atoms with Crippen molar-refractivity contribution in [2.75, 3.05) is 31.6 Å². The van der Waals surface area contributed by atoms with Crippen LogP contribution >= 0.6 is 11.6 Å². The third-order valence-electron chi connectivity index (χ3n) is 6.75. The molecule has 0 saturated carbocycles. The summed E-state index contributed by atoms with van der Waals surface area (Å²) in [4.78, 5) is 22.2. The molecule has 2 N–H and O–H groups in total. The van der Waals surface area contributed by atoms with Gasteiger partial charge in [-0.3, -0.25) is 0 Å². The Bertz CT molecular complexity index is 1360. The third kappa shape index (κ3) is 6.92. The van der Waals surface area contributed by atoms with Gasteiger partial charge in [-0.15, -0.1) is 0 Å². The van der Waals surface area contributed by atoms with E-state index in [9.17, 15) is 9.18 Å². The first kappa shape index (κ1) is 28.3. The van der Waals surface area contributed by atoms with Crippen LogP contribution in [-0.2, 0) is 14.3 Å². The molecule has 9 nitrogen and oxygen atoms in total. The van der Waals surface area contributed by atoms with Crippen LogP contribution in [-0.4, -0.2) is 60.0 Å². The van der Waals surface area contributed by atoms with E-state index in [-0.39, 0.29) is 17.0 Å². The summed E-state index contributed by atoms with van der Waals surface area (Å²) in [5.74, 6) is 0.447. The molecular formula is C29H34ClFN4O5. The Hall–Kier alpha value is -3.21. The monoisotopic (exact) mass is 572 g/mol. The topological polar surface area (TPSA) is 104 Å². The van der Waals surface area contributed by atoms with Crippen molar-refractivity contribution >= 4 is 40.0 Å². The van der Waals surface area contributed by atoms with Crippen molar-refractivity contribution in [3.05, 3.63) is 47.5 Å². The van der Waals surface area contributed by atoms with Gasteiger partial charge < -0.3 is 29.6 Å². The van der Waals surface area contributed by atoms with Gasteiger partial charge >= 0.3 is 5.97 Å². The summed E-state index contributed by atoms with van der Waals surface area (Å²) in [6, 6.07) is 7.85. The molecule has 0 amide bonds. The summed E-state index contributed by atoms with van der Waals surface area (Å²) in [6.07, 6.45) is 2.76. The number of nitrogens with zero attached hydrogens (tertiary/aromatic N) is 2. The fourth-order valence-corrected chi connectivity index (χ4v) is 5.05. The van der Waals surface area contributed by atoms with Crippen LogP contribution < -0.4 is 20.1 Å². The molecular weight excluding hydrogens is 539 g/mol. The van der Waals surface area contributed by atoms with Crippen LogP contribution in [0.5, 0.6) is 11.5 Å². The zero-order valence-electron chi connectivity index (χ0n) is 22.8. The number of piperidine rings is 1. The molecule has 3 heterocycles. The van der Waals surface area contributed by atoms with Crippen molar-refractivity contribution in [2.24, 2.45) is 5.92 Å². The Morgan fingerprint density at radius 1 is 1.18 bits per heavy atom. The lowest BCUT2D eigenvalue weighted by molar-refractivity contribution is -0.166. The molecule has 2 aliphatic heterocycles. The number of rotatable bonds is 8. The number of nitrogens with one attached hydrogen (secondary N) is 2. The van der Waals surface area contributed by atoms with Crippen LogP contribution in [0.4, 0.5) is 15.9 Å². The highest BCUT2D eigenvalue weighted by Crippen LogP contribution is 2.38. The molecule has 40 heavy (non-hydrogen) atoms. The number of aromatic nitrogens is 2. The van der Waals surface area contributed by atoms with E-state index in [1.807, 2.05) is 20.8 Å².